The van der Waals surface area contributed by atoms with E-state index < -0.39 is 21.8 Å². The highest BCUT2D eigenvalue weighted by Crippen LogP contribution is 2.18. The minimum atomic E-state index is -3.75. The first-order chi connectivity index (χ1) is 8.85. The quantitative estimate of drug-likeness (QED) is 0.810. The van der Waals surface area contributed by atoms with E-state index in [1.165, 1.54) is 29.8 Å². The number of aromatic nitrogens is 1. The molecule has 1 aromatic carbocycles. The standard InChI is InChI=1S/C11H14N2O5S/c1-7(6-14)12-19(16,17)8-3-4-9-10(5-8)18-11(15)13(9)2/h3-5,7,12,14H,6H2,1-2H3/t7-/m0/s1. The van der Waals surface area contributed by atoms with Crippen molar-refractivity contribution in [2.75, 3.05) is 6.61 Å². The molecule has 2 aromatic rings. The van der Waals surface area contributed by atoms with Crippen LogP contribution >= 0.6 is 0 Å². The van der Waals surface area contributed by atoms with E-state index in [-0.39, 0.29) is 17.1 Å². The normalized spacial score (nSPS) is 13.8. The number of oxazole rings is 1. The summed E-state index contributed by atoms with van der Waals surface area (Å²) >= 11 is 0. The van der Waals surface area contributed by atoms with Gasteiger partial charge in [-0.2, -0.15) is 0 Å². The summed E-state index contributed by atoms with van der Waals surface area (Å²) in [6.45, 7) is 1.24. The molecule has 2 N–H and O–H groups in total. The van der Waals surface area contributed by atoms with E-state index in [4.69, 9.17) is 9.52 Å². The lowest BCUT2D eigenvalue weighted by atomic mass is 10.3. The fourth-order valence-electron chi connectivity index (χ4n) is 1.65. The van der Waals surface area contributed by atoms with Crippen molar-refractivity contribution in [3.8, 4) is 0 Å². The Bertz CT molecular complexity index is 759. The van der Waals surface area contributed by atoms with Crippen LogP contribution in [0.4, 0.5) is 0 Å². The van der Waals surface area contributed by atoms with Crippen molar-refractivity contribution < 1.29 is 17.9 Å². The van der Waals surface area contributed by atoms with E-state index in [0.29, 0.717) is 5.52 Å². The number of hydrogen-bond acceptors (Lipinski definition) is 5. The first-order valence-electron chi connectivity index (χ1n) is 5.58. The second-order valence-electron chi connectivity index (χ2n) is 4.26. The molecule has 0 bridgehead atoms. The zero-order chi connectivity index (χ0) is 14.2. The minimum Gasteiger partial charge on any atom is -0.408 e. The van der Waals surface area contributed by atoms with Crippen LogP contribution in [-0.4, -0.2) is 30.7 Å². The molecule has 0 aliphatic carbocycles. The molecule has 7 nitrogen and oxygen atoms in total. The van der Waals surface area contributed by atoms with Crippen molar-refractivity contribution in [3.63, 3.8) is 0 Å². The number of aliphatic hydroxyl groups is 1. The molecule has 2 rings (SSSR count). The Kier molecular flexibility index (Phi) is 3.48. The molecule has 0 unspecified atom stereocenters. The molecule has 19 heavy (non-hydrogen) atoms. The number of fused-ring (bicyclic) bond motifs is 1. The Hall–Kier alpha value is -1.64. The van der Waals surface area contributed by atoms with E-state index in [2.05, 4.69) is 4.72 Å². The molecule has 0 fully saturated rings. The molecule has 1 aromatic heterocycles. The van der Waals surface area contributed by atoms with E-state index in [1.54, 1.807) is 6.92 Å². The van der Waals surface area contributed by atoms with Crippen LogP contribution < -0.4 is 10.5 Å². The second-order valence-corrected chi connectivity index (χ2v) is 5.98. The van der Waals surface area contributed by atoms with Gasteiger partial charge >= 0.3 is 5.76 Å². The summed E-state index contributed by atoms with van der Waals surface area (Å²) in [7, 11) is -2.21. The highest BCUT2D eigenvalue weighted by Gasteiger charge is 2.18. The summed E-state index contributed by atoms with van der Waals surface area (Å²) < 4.78 is 32.5. The number of hydrogen-bond donors (Lipinski definition) is 2. The van der Waals surface area contributed by atoms with Crippen molar-refractivity contribution in [1.82, 2.24) is 9.29 Å². The largest absolute Gasteiger partial charge is 0.419 e. The maximum Gasteiger partial charge on any atom is 0.419 e. The Morgan fingerprint density at radius 1 is 1.47 bits per heavy atom. The van der Waals surface area contributed by atoms with Crippen LogP contribution in [0.25, 0.3) is 11.1 Å². The SMILES string of the molecule is C[C@@H](CO)NS(=O)(=O)c1ccc2c(c1)oc(=O)n2C. The summed E-state index contributed by atoms with van der Waals surface area (Å²) in [5, 5.41) is 8.87. The summed E-state index contributed by atoms with van der Waals surface area (Å²) in [5.74, 6) is -0.554. The third kappa shape index (κ3) is 2.55. The van der Waals surface area contributed by atoms with Gasteiger partial charge in [0.2, 0.25) is 10.0 Å². The monoisotopic (exact) mass is 286 g/mol. The van der Waals surface area contributed by atoms with Gasteiger partial charge in [-0.1, -0.05) is 0 Å². The average molecular weight is 286 g/mol. The first-order valence-corrected chi connectivity index (χ1v) is 7.06. The molecule has 0 aliphatic rings. The highest BCUT2D eigenvalue weighted by atomic mass is 32.2. The van der Waals surface area contributed by atoms with E-state index >= 15 is 0 Å². The molecule has 0 saturated carbocycles. The number of rotatable bonds is 4. The second kappa shape index (κ2) is 4.80. The maximum absolute atomic E-state index is 12.0. The van der Waals surface area contributed by atoms with Gasteiger partial charge in [-0.15, -0.1) is 0 Å². The van der Waals surface area contributed by atoms with Crippen LogP contribution in [0.2, 0.25) is 0 Å². The molecule has 1 heterocycles. The van der Waals surface area contributed by atoms with Gasteiger partial charge in [0.05, 0.1) is 17.0 Å². The predicted octanol–water partition coefficient (Wildman–Crippen LogP) is -0.209. The lowest BCUT2D eigenvalue weighted by molar-refractivity contribution is 0.265. The van der Waals surface area contributed by atoms with Gasteiger partial charge in [-0.25, -0.2) is 17.9 Å². The molecular weight excluding hydrogens is 272 g/mol. The van der Waals surface area contributed by atoms with Crippen LogP contribution in [0.3, 0.4) is 0 Å². The zero-order valence-electron chi connectivity index (χ0n) is 10.5. The minimum absolute atomic E-state index is 0.0188. The molecule has 0 radical (unpaired) electrons. The highest BCUT2D eigenvalue weighted by molar-refractivity contribution is 7.89. The van der Waals surface area contributed by atoms with Gasteiger partial charge in [-0.05, 0) is 19.1 Å². The van der Waals surface area contributed by atoms with Crippen molar-refractivity contribution in [1.29, 1.82) is 0 Å². The Balaban J connectivity index is 2.49. The van der Waals surface area contributed by atoms with E-state index in [0.717, 1.165) is 0 Å². The predicted molar refractivity (Wildman–Crippen MR) is 68.3 cm³/mol. The molecule has 0 saturated heterocycles. The zero-order valence-corrected chi connectivity index (χ0v) is 11.3. The summed E-state index contributed by atoms with van der Waals surface area (Å²) in [4.78, 5) is 11.3. The van der Waals surface area contributed by atoms with Gasteiger partial charge < -0.3 is 9.52 Å². The van der Waals surface area contributed by atoms with Crippen LogP contribution in [0.15, 0.2) is 32.3 Å². The Labute approximate surface area is 109 Å². The fraction of sp³-hybridized carbons (Fsp3) is 0.364. The molecule has 8 heteroatoms. The topological polar surface area (TPSA) is 102 Å². The number of aryl methyl sites for hydroxylation is 1. The smallest absolute Gasteiger partial charge is 0.408 e. The molecular formula is C11H14N2O5S. The molecule has 104 valence electrons. The van der Waals surface area contributed by atoms with Crippen LogP contribution in [0, 0.1) is 0 Å². The Morgan fingerprint density at radius 2 is 2.16 bits per heavy atom. The maximum atomic E-state index is 12.0. The molecule has 1 atom stereocenters. The van der Waals surface area contributed by atoms with Crippen molar-refractivity contribution >= 4 is 21.1 Å². The van der Waals surface area contributed by atoms with Crippen LogP contribution in [-0.2, 0) is 17.1 Å². The summed E-state index contributed by atoms with van der Waals surface area (Å²) in [6.07, 6.45) is 0. The van der Waals surface area contributed by atoms with Crippen molar-refractivity contribution in [2.24, 2.45) is 7.05 Å². The van der Waals surface area contributed by atoms with E-state index in [1.807, 2.05) is 0 Å². The number of aliphatic hydroxyl groups excluding tert-OH is 1. The summed E-state index contributed by atoms with van der Waals surface area (Å²) in [5.41, 5.74) is 0.714. The van der Waals surface area contributed by atoms with Gasteiger partial charge in [0.25, 0.3) is 0 Å². The molecule has 0 amide bonds. The third-order valence-electron chi connectivity index (χ3n) is 2.70. The average Bonchev–Trinajstić information content (AvgIpc) is 2.64. The number of sulfonamides is 1. The fourth-order valence-corrected chi connectivity index (χ4v) is 2.90. The van der Waals surface area contributed by atoms with Gasteiger partial charge in [0.1, 0.15) is 0 Å². The third-order valence-corrected chi connectivity index (χ3v) is 4.29. The van der Waals surface area contributed by atoms with E-state index in [9.17, 15) is 13.2 Å². The number of benzene rings is 1. The van der Waals surface area contributed by atoms with Crippen LogP contribution in [0.5, 0.6) is 0 Å². The summed E-state index contributed by atoms with van der Waals surface area (Å²) in [6, 6.07) is 3.56. The molecule has 0 aliphatic heterocycles. The van der Waals surface area contributed by atoms with Gasteiger partial charge in [0, 0.05) is 19.2 Å². The Morgan fingerprint density at radius 3 is 2.79 bits per heavy atom. The van der Waals surface area contributed by atoms with Crippen LogP contribution in [0.1, 0.15) is 6.92 Å². The first kappa shape index (κ1) is 13.8. The molecule has 0 spiro atoms. The van der Waals surface area contributed by atoms with Crippen molar-refractivity contribution in [2.45, 2.75) is 17.9 Å². The lowest BCUT2D eigenvalue weighted by Gasteiger charge is -2.11. The lowest BCUT2D eigenvalue weighted by Crippen LogP contribution is -2.34. The van der Waals surface area contributed by atoms with Crippen molar-refractivity contribution in [3.05, 3.63) is 28.7 Å². The van der Waals surface area contributed by atoms with Gasteiger partial charge in [0.15, 0.2) is 5.58 Å². The number of nitrogens with zero attached hydrogens (tertiary/aromatic N) is 1. The van der Waals surface area contributed by atoms with Gasteiger partial charge in [-0.3, -0.25) is 4.57 Å². The number of nitrogens with one attached hydrogen (secondary N) is 1.